The summed E-state index contributed by atoms with van der Waals surface area (Å²) < 4.78 is 0. The third kappa shape index (κ3) is 3.36. The molecule has 0 saturated heterocycles. The summed E-state index contributed by atoms with van der Waals surface area (Å²) in [5.41, 5.74) is 0. The fourth-order valence-corrected chi connectivity index (χ4v) is 1.96. The summed E-state index contributed by atoms with van der Waals surface area (Å²) in [5, 5.41) is 8.72. The van der Waals surface area contributed by atoms with Crippen LogP contribution in [0.2, 0.25) is 5.02 Å². The predicted octanol–water partition coefficient (Wildman–Crippen LogP) is 2.52. The van der Waals surface area contributed by atoms with Gasteiger partial charge in [-0.15, -0.1) is 23.4 Å². The molecular formula is C8H7Cl2NO2S. The van der Waals surface area contributed by atoms with Gasteiger partial charge in [0, 0.05) is 11.9 Å². The van der Waals surface area contributed by atoms with Gasteiger partial charge in [0.25, 0.3) is 0 Å². The molecule has 1 heterocycles. The molecule has 0 aliphatic heterocycles. The van der Waals surface area contributed by atoms with Crippen LogP contribution in [0.5, 0.6) is 0 Å². The van der Waals surface area contributed by atoms with E-state index in [1.54, 1.807) is 18.3 Å². The molecule has 0 bridgehead atoms. The summed E-state index contributed by atoms with van der Waals surface area (Å²) in [6, 6.07) is 3.41. The molecule has 0 aromatic carbocycles. The SMILES string of the molecule is O=C(O)C(Cl)CSc1ncccc1Cl. The predicted molar refractivity (Wildman–Crippen MR) is 57.2 cm³/mol. The van der Waals surface area contributed by atoms with Crippen molar-refractivity contribution in [2.24, 2.45) is 0 Å². The fraction of sp³-hybridized carbons (Fsp3) is 0.250. The van der Waals surface area contributed by atoms with Gasteiger partial charge in [-0.05, 0) is 12.1 Å². The lowest BCUT2D eigenvalue weighted by molar-refractivity contribution is -0.136. The van der Waals surface area contributed by atoms with E-state index in [9.17, 15) is 4.79 Å². The molecule has 0 amide bonds. The maximum atomic E-state index is 10.4. The lowest BCUT2D eigenvalue weighted by Gasteiger charge is -2.04. The van der Waals surface area contributed by atoms with E-state index in [4.69, 9.17) is 28.3 Å². The number of aromatic nitrogens is 1. The van der Waals surface area contributed by atoms with Crippen molar-refractivity contribution in [3.05, 3.63) is 23.4 Å². The van der Waals surface area contributed by atoms with Crippen molar-refractivity contribution in [2.75, 3.05) is 5.75 Å². The first kappa shape index (κ1) is 11.6. The molecule has 14 heavy (non-hydrogen) atoms. The lowest BCUT2D eigenvalue weighted by atomic mass is 10.5. The second kappa shape index (κ2) is 5.44. The van der Waals surface area contributed by atoms with E-state index in [0.29, 0.717) is 10.0 Å². The van der Waals surface area contributed by atoms with Crippen LogP contribution in [0.3, 0.4) is 0 Å². The minimum absolute atomic E-state index is 0.244. The number of carbonyl (C=O) groups is 1. The van der Waals surface area contributed by atoms with Crippen LogP contribution in [-0.2, 0) is 4.79 Å². The van der Waals surface area contributed by atoms with Crippen LogP contribution >= 0.6 is 35.0 Å². The molecule has 1 atom stereocenters. The van der Waals surface area contributed by atoms with Gasteiger partial charge in [-0.3, -0.25) is 4.79 Å². The highest BCUT2D eigenvalue weighted by atomic mass is 35.5. The molecule has 1 N–H and O–H groups in total. The summed E-state index contributed by atoms with van der Waals surface area (Å²) in [6.45, 7) is 0. The Morgan fingerprint density at radius 1 is 1.71 bits per heavy atom. The van der Waals surface area contributed by atoms with Crippen molar-refractivity contribution in [3.8, 4) is 0 Å². The first-order valence-electron chi connectivity index (χ1n) is 3.71. The number of rotatable bonds is 4. The van der Waals surface area contributed by atoms with Crippen molar-refractivity contribution >= 4 is 40.9 Å². The average molecular weight is 252 g/mol. The number of alkyl halides is 1. The van der Waals surface area contributed by atoms with Crippen molar-refractivity contribution < 1.29 is 9.90 Å². The summed E-state index contributed by atoms with van der Waals surface area (Å²) >= 11 is 12.6. The van der Waals surface area contributed by atoms with Crippen molar-refractivity contribution in [1.29, 1.82) is 0 Å². The molecule has 1 rings (SSSR count). The second-order valence-electron chi connectivity index (χ2n) is 2.41. The minimum Gasteiger partial charge on any atom is -0.480 e. The Kier molecular flexibility index (Phi) is 4.51. The van der Waals surface area contributed by atoms with Crippen LogP contribution in [0.1, 0.15) is 0 Å². The molecule has 1 unspecified atom stereocenters. The Balaban J connectivity index is 2.54. The number of aliphatic carboxylic acids is 1. The fourth-order valence-electron chi connectivity index (χ4n) is 0.701. The zero-order chi connectivity index (χ0) is 10.6. The van der Waals surface area contributed by atoms with Gasteiger partial charge in [-0.1, -0.05) is 11.6 Å². The normalized spacial score (nSPS) is 12.4. The monoisotopic (exact) mass is 251 g/mol. The highest BCUT2D eigenvalue weighted by molar-refractivity contribution is 7.99. The maximum Gasteiger partial charge on any atom is 0.322 e. The molecular weight excluding hydrogens is 245 g/mol. The molecule has 76 valence electrons. The minimum atomic E-state index is -1.04. The van der Waals surface area contributed by atoms with Crippen LogP contribution < -0.4 is 0 Å². The third-order valence-electron chi connectivity index (χ3n) is 1.36. The van der Waals surface area contributed by atoms with Gasteiger partial charge in [-0.25, -0.2) is 4.98 Å². The van der Waals surface area contributed by atoms with E-state index < -0.39 is 11.3 Å². The highest BCUT2D eigenvalue weighted by Crippen LogP contribution is 2.25. The summed E-state index contributed by atoms with van der Waals surface area (Å²) in [7, 11) is 0. The van der Waals surface area contributed by atoms with Gasteiger partial charge in [0.05, 0.1) is 5.02 Å². The van der Waals surface area contributed by atoms with E-state index in [-0.39, 0.29) is 5.75 Å². The Hall–Kier alpha value is -0.450. The second-order valence-corrected chi connectivity index (χ2v) is 4.35. The number of thioether (sulfide) groups is 1. The van der Waals surface area contributed by atoms with Gasteiger partial charge in [-0.2, -0.15) is 0 Å². The molecule has 1 aromatic heterocycles. The first-order chi connectivity index (χ1) is 6.61. The van der Waals surface area contributed by atoms with Crippen LogP contribution in [0.15, 0.2) is 23.4 Å². The van der Waals surface area contributed by atoms with E-state index in [1.165, 1.54) is 11.8 Å². The summed E-state index contributed by atoms with van der Waals surface area (Å²) in [6.07, 6.45) is 1.60. The van der Waals surface area contributed by atoms with Gasteiger partial charge < -0.3 is 5.11 Å². The van der Waals surface area contributed by atoms with Crippen LogP contribution in [0, 0.1) is 0 Å². The number of hydrogen-bond acceptors (Lipinski definition) is 3. The number of carboxylic acids is 1. The molecule has 0 aliphatic carbocycles. The van der Waals surface area contributed by atoms with Crippen molar-refractivity contribution in [1.82, 2.24) is 4.98 Å². The summed E-state index contributed by atoms with van der Waals surface area (Å²) in [4.78, 5) is 14.4. The van der Waals surface area contributed by atoms with Crippen LogP contribution in [0.25, 0.3) is 0 Å². The van der Waals surface area contributed by atoms with Crippen molar-refractivity contribution in [3.63, 3.8) is 0 Å². The summed E-state index contributed by atoms with van der Waals surface area (Å²) in [5.74, 6) is -0.792. The van der Waals surface area contributed by atoms with Crippen LogP contribution in [0.4, 0.5) is 0 Å². The number of hydrogen-bond donors (Lipinski definition) is 1. The molecule has 6 heteroatoms. The van der Waals surface area contributed by atoms with Gasteiger partial charge in [0.15, 0.2) is 0 Å². The molecule has 0 fully saturated rings. The third-order valence-corrected chi connectivity index (χ3v) is 3.40. The standard InChI is InChI=1S/C8H7Cl2NO2S/c9-5-2-1-3-11-7(5)14-4-6(10)8(12)13/h1-3,6H,4H2,(H,12,13). The number of halogens is 2. The first-order valence-corrected chi connectivity index (χ1v) is 5.51. The molecule has 1 aromatic rings. The zero-order valence-corrected chi connectivity index (χ0v) is 9.31. The Morgan fingerprint density at radius 3 is 3.00 bits per heavy atom. The van der Waals surface area contributed by atoms with Gasteiger partial charge >= 0.3 is 5.97 Å². The smallest absolute Gasteiger partial charge is 0.322 e. The largest absolute Gasteiger partial charge is 0.480 e. The zero-order valence-electron chi connectivity index (χ0n) is 6.98. The highest BCUT2D eigenvalue weighted by Gasteiger charge is 2.14. The lowest BCUT2D eigenvalue weighted by Crippen LogP contribution is -2.15. The topological polar surface area (TPSA) is 50.2 Å². The number of nitrogens with zero attached hydrogens (tertiary/aromatic N) is 1. The van der Waals surface area contributed by atoms with E-state index >= 15 is 0 Å². The van der Waals surface area contributed by atoms with E-state index in [2.05, 4.69) is 4.98 Å². The van der Waals surface area contributed by atoms with Crippen LogP contribution in [-0.4, -0.2) is 27.2 Å². The van der Waals surface area contributed by atoms with Gasteiger partial charge in [0.1, 0.15) is 10.4 Å². The van der Waals surface area contributed by atoms with E-state index in [0.717, 1.165) is 0 Å². The maximum absolute atomic E-state index is 10.4. The Labute approximate surface area is 95.4 Å². The Morgan fingerprint density at radius 2 is 2.43 bits per heavy atom. The molecule has 0 aliphatic rings. The van der Waals surface area contributed by atoms with Gasteiger partial charge in [0.2, 0.25) is 0 Å². The number of pyridine rings is 1. The van der Waals surface area contributed by atoms with E-state index in [1.807, 2.05) is 0 Å². The molecule has 0 spiro atoms. The average Bonchev–Trinajstić information content (AvgIpc) is 2.16. The quantitative estimate of drug-likeness (QED) is 0.660. The molecule has 0 radical (unpaired) electrons. The molecule has 0 saturated carbocycles. The number of carboxylic acid groups (broad SMARTS) is 1. The van der Waals surface area contributed by atoms with Crippen molar-refractivity contribution in [2.45, 2.75) is 10.4 Å². The Bertz CT molecular complexity index is 335. The molecule has 3 nitrogen and oxygen atoms in total.